The van der Waals surface area contributed by atoms with Crippen LogP contribution in [0.2, 0.25) is 0 Å². The molecule has 0 saturated heterocycles. The molecule has 3 aromatic heterocycles. The molecule has 0 aliphatic carbocycles. The van der Waals surface area contributed by atoms with Gasteiger partial charge in [0.25, 0.3) is 0 Å². The van der Waals surface area contributed by atoms with Crippen LogP contribution in [-0.2, 0) is 0 Å². The Bertz CT molecular complexity index is 3440. The van der Waals surface area contributed by atoms with E-state index in [-0.39, 0.29) is 0 Å². The van der Waals surface area contributed by atoms with E-state index in [2.05, 4.69) is 204 Å². The lowest BCUT2D eigenvalue weighted by Gasteiger charge is -2.26. The Kier molecular flexibility index (Phi) is 6.80. The molecular formula is C52H32N2OS. The van der Waals surface area contributed by atoms with E-state index in [1.54, 1.807) is 0 Å². The molecule has 0 saturated carbocycles. The van der Waals surface area contributed by atoms with E-state index in [4.69, 9.17) is 4.42 Å². The summed E-state index contributed by atoms with van der Waals surface area (Å²) < 4.78 is 11.5. The van der Waals surface area contributed by atoms with Crippen LogP contribution in [0.4, 0.5) is 17.1 Å². The quantitative estimate of drug-likeness (QED) is 0.176. The number of hydrogen-bond donors (Lipinski definition) is 0. The number of hydrogen-bond acceptors (Lipinski definition) is 3. The molecule has 3 heterocycles. The van der Waals surface area contributed by atoms with Gasteiger partial charge in [-0.1, -0.05) is 115 Å². The maximum absolute atomic E-state index is 6.55. The van der Waals surface area contributed by atoms with Gasteiger partial charge in [-0.15, -0.1) is 11.3 Å². The molecule has 0 N–H and O–H groups in total. The number of furan rings is 1. The Morgan fingerprint density at radius 2 is 1.09 bits per heavy atom. The Balaban J connectivity index is 1.04. The summed E-state index contributed by atoms with van der Waals surface area (Å²) in [6, 6.07) is 70.3. The van der Waals surface area contributed by atoms with Crippen molar-refractivity contribution in [3.05, 3.63) is 194 Å². The van der Waals surface area contributed by atoms with Crippen LogP contribution in [0.15, 0.2) is 199 Å². The highest BCUT2D eigenvalue weighted by atomic mass is 32.1. The molecule has 0 radical (unpaired) electrons. The van der Waals surface area contributed by atoms with Crippen LogP contribution in [0.1, 0.15) is 0 Å². The molecule has 0 atom stereocenters. The standard InChI is InChI=1S/C52H32N2OS/c1-2-14-40-33(11-1)25-29-44-51-39(18-10-21-48(51)55-52(40)44)34-23-26-35(27-24-34)53(38-28-30-50-45(32-38)43-17-5-8-22-49(43)56-50)36-12-9-13-37(31-36)54-46-19-6-3-15-41(46)42-16-4-7-20-47(42)54/h1-32H. The van der Waals surface area contributed by atoms with Gasteiger partial charge in [-0.25, -0.2) is 0 Å². The van der Waals surface area contributed by atoms with Gasteiger partial charge >= 0.3 is 0 Å². The smallest absolute Gasteiger partial charge is 0.143 e. The van der Waals surface area contributed by atoms with Gasteiger partial charge in [0.05, 0.1) is 11.0 Å². The molecule has 9 aromatic carbocycles. The number of fused-ring (bicyclic) bond motifs is 11. The van der Waals surface area contributed by atoms with Crippen molar-refractivity contribution in [2.45, 2.75) is 0 Å². The summed E-state index contributed by atoms with van der Waals surface area (Å²) in [5, 5.41) is 9.67. The minimum atomic E-state index is 0.901. The van der Waals surface area contributed by atoms with E-state index in [0.29, 0.717) is 0 Å². The molecule has 0 unspecified atom stereocenters. The van der Waals surface area contributed by atoms with E-state index in [0.717, 1.165) is 61.2 Å². The Labute approximate surface area is 326 Å². The molecule has 0 bridgehead atoms. The molecule has 0 aliphatic heterocycles. The van der Waals surface area contributed by atoms with Gasteiger partial charge < -0.3 is 13.9 Å². The van der Waals surface area contributed by atoms with Crippen LogP contribution in [0, 0.1) is 0 Å². The normalized spacial score (nSPS) is 11.9. The van der Waals surface area contributed by atoms with Gasteiger partial charge in [0.2, 0.25) is 0 Å². The van der Waals surface area contributed by atoms with E-state index in [1.807, 2.05) is 11.3 Å². The monoisotopic (exact) mass is 732 g/mol. The molecule has 0 fully saturated rings. The van der Waals surface area contributed by atoms with Crippen molar-refractivity contribution in [2.75, 3.05) is 4.90 Å². The van der Waals surface area contributed by atoms with E-state index >= 15 is 0 Å². The van der Waals surface area contributed by atoms with Gasteiger partial charge in [-0.05, 0) is 95.4 Å². The number of anilines is 3. The highest BCUT2D eigenvalue weighted by Gasteiger charge is 2.19. The molecular weight excluding hydrogens is 701 g/mol. The molecule has 3 nitrogen and oxygen atoms in total. The van der Waals surface area contributed by atoms with Crippen molar-refractivity contribution in [3.63, 3.8) is 0 Å². The van der Waals surface area contributed by atoms with Crippen LogP contribution in [-0.4, -0.2) is 4.57 Å². The predicted molar refractivity (Wildman–Crippen MR) is 239 cm³/mol. The van der Waals surface area contributed by atoms with Crippen molar-refractivity contribution in [1.29, 1.82) is 0 Å². The van der Waals surface area contributed by atoms with Crippen LogP contribution >= 0.6 is 11.3 Å². The summed E-state index contributed by atoms with van der Waals surface area (Å²) in [4.78, 5) is 2.40. The predicted octanol–water partition coefficient (Wildman–Crippen LogP) is 15.3. The summed E-state index contributed by atoms with van der Waals surface area (Å²) in [5.74, 6) is 0. The second-order valence-corrected chi connectivity index (χ2v) is 15.6. The number of para-hydroxylation sites is 2. The lowest BCUT2D eigenvalue weighted by molar-refractivity contribution is 0.673. The largest absolute Gasteiger partial charge is 0.455 e. The fourth-order valence-electron chi connectivity index (χ4n) is 8.86. The van der Waals surface area contributed by atoms with Crippen LogP contribution in [0.25, 0.3) is 91.5 Å². The lowest BCUT2D eigenvalue weighted by atomic mass is 9.98. The summed E-state index contributed by atoms with van der Waals surface area (Å²) >= 11 is 1.85. The second-order valence-electron chi connectivity index (χ2n) is 14.5. The van der Waals surface area contributed by atoms with E-state index in [1.165, 1.54) is 47.4 Å². The van der Waals surface area contributed by atoms with Crippen molar-refractivity contribution < 1.29 is 4.42 Å². The Morgan fingerprint density at radius 1 is 0.429 bits per heavy atom. The molecule has 0 amide bonds. The number of aromatic nitrogens is 1. The highest BCUT2D eigenvalue weighted by molar-refractivity contribution is 7.25. The zero-order valence-electron chi connectivity index (χ0n) is 30.2. The average molecular weight is 733 g/mol. The third kappa shape index (κ3) is 4.70. The lowest BCUT2D eigenvalue weighted by Crippen LogP contribution is -2.10. The Morgan fingerprint density at radius 3 is 1.91 bits per heavy atom. The number of thiophene rings is 1. The van der Waals surface area contributed by atoms with Crippen molar-refractivity contribution in [1.82, 2.24) is 4.57 Å². The van der Waals surface area contributed by atoms with E-state index in [9.17, 15) is 0 Å². The van der Waals surface area contributed by atoms with Gasteiger partial charge in [-0.2, -0.15) is 0 Å². The first-order chi connectivity index (χ1) is 27.8. The van der Waals surface area contributed by atoms with E-state index < -0.39 is 0 Å². The first kappa shape index (κ1) is 31.2. The summed E-state index contributed by atoms with van der Waals surface area (Å²) in [6.45, 7) is 0. The van der Waals surface area contributed by atoms with Gasteiger partial charge in [0.15, 0.2) is 0 Å². The maximum atomic E-state index is 6.55. The average Bonchev–Trinajstić information content (AvgIpc) is 3.94. The number of nitrogens with zero attached hydrogens (tertiary/aromatic N) is 2. The van der Waals surface area contributed by atoms with Crippen molar-refractivity contribution in [3.8, 4) is 16.8 Å². The topological polar surface area (TPSA) is 21.3 Å². The molecule has 262 valence electrons. The van der Waals surface area contributed by atoms with Crippen molar-refractivity contribution >= 4 is 103 Å². The minimum Gasteiger partial charge on any atom is -0.455 e. The van der Waals surface area contributed by atoms with Crippen LogP contribution in [0.5, 0.6) is 0 Å². The minimum absolute atomic E-state index is 0.901. The Hall–Kier alpha value is -7.14. The molecule has 12 aromatic rings. The third-order valence-corrected chi connectivity index (χ3v) is 12.5. The SMILES string of the molecule is c1cc(N(c2ccc(-c3cccc4oc5c6ccccc6ccc5c34)cc2)c2ccc3sc4ccccc4c3c2)cc(-n2c3ccccc3c3ccccc32)c1. The number of rotatable bonds is 5. The van der Waals surface area contributed by atoms with Crippen LogP contribution in [0.3, 0.4) is 0 Å². The molecule has 56 heavy (non-hydrogen) atoms. The molecule has 0 spiro atoms. The van der Waals surface area contributed by atoms with Crippen molar-refractivity contribution in [2.24, 2.45) is 0 Å². The molecule has 12 rings (SSSR count). The maximum Gasteiger partial charge on any atom is 0.143 e. The third-order valence-electron chi connectivity index (χ3n) is 11.4. The fraction of sp³-hybridized carbons (Fsp3) is 0. The first-order valence-corrected chi connectivity index (χ1v) is 19.8. The van der Waals surface area contributed by atoms with Gasteiger partial charge in [0, 0.05) is 69.9 Å². The summed E-state index contributed by atoms with van der Waals surface area (Å²) in [5.41, 5.74) is 10.9. The summed E-state index contributed by atoms with van der Waals surface area (Å²) in [7, 11) is 0. The first-order valence-electron chi connectivity index (χ1n) is 19.0. The summed E-state index contributed by atoms with van der Waals surface area (Å²) in [6.07, 6.45) is 0. The van der Waals surface area contributed by atoms with Gasteiger partial charge in [0.1, 0.15) is 11.2 Å². The second kappa shape index (κ2) is 12.2. The number of benzene rings is 9. The highest BCUT2D eigenvalue weighted by Crippen LogP contribution is 2.44. The zero-order valence-corrected chi connectivity index (χ0v) is 31.0. The zero-order chi connectivity index (χ0) is 36.7. The van der Waals surface area contributed by atoms with Gasteiger partial charge in [-0.3, -0.25) is 0 Å². The van der Waals surface area contributed by atoms with Crippen LogP contribution < -0.4 is 4.90 Å². The fourth-order valence-corrected chi connectivity index (χ4v) is 9.94. The molecule has 4 heteroatoms. The molecule has 0 aliphatic rings.